The largest absolute Gasteiger partial charge is 0.394 e. The van der Waals surface area contributed by atoms with Crippen LogP contribution in [0.3, 0.4) is 0 Å². The molecule has 0 saturated carbocycles. The van der Waals surface area contributed by atoms with E-state index in [1.165, 1.54) is 10.9 Å². The Morgan fingerprint density at radius 3 is 2.53 bits per heavy atom. The van der Waals surface area contributed by atoms with Gasteiger partial charge in [0.05, 0.1) is 36.7 Å². The molecule has 1 aromatic heterocycles. The van der Waals surface area contributed by atoms with Crippen molar-refractivity contribution < 1.29 is 19.4 Å². The quantitative estimate of drug-likeness (QED) is 0.665. The van der Waals surface area contributed by atoms with E-state index in [1.807, 2.05) is 45.0 Å². The zero-order valence-electron chi connectivity index (χ0n) is 17.5. The Balaban J connectivity index is 1.53. The fourth-order valence-corrected chi connectivity index (χ4v) is 3.49. The third-order valence-electron chi connectivity index (χ3n) is 4.93. The number of aliphatic hydroxyl groups is 1. The lowest BCUT2D eigenvalue weighted by molar-refractivity contribution is -0.144. The highest BCUT2D eigenvalue weighted by molar-refractivity contribution is 5.89. The van der Waals surface area contributed by atoms with Crippen LogP contribution in [-0.2, 0) is 16.1 Å². The van der Waals surface area contributed by atoms with Crippen LogP contribution in [0.1, 0.15) is 31.0 Å². The molecule has 30 heavy (non-hydrogen) atoms. The average molecular weight is 415 g/mol. The average Bonchev–Trinajstić information content (AvgIpc) is 3.12. The van der Waals surface area contributed by atoms with Gasteiger partial charge in [0.2, 0.25) is 5.91 Å². The van der Waals surface area contributed by atoms with E-state index < -0.39 is 12.1 Å². The molecule has 1 aliphatic rings. The molecular weight excluding hydrogens is 386 g/mol. The van der Waals surface area contributed by atoms with Gasteiger partial charge >= 0.3 is 6.03 Å². The van der Waals surface area contributed by atoms with Crippen molar-refractivity contribution in [3.05, 3.63) is 47.8 Å². The third kappa shape index (κ3) is 5.80. The molecule has 3 atom stereocenters. The Labute approximate surface area is 176 Å². The highest BCUT2D eigenvalue weighted by Crippen LogP contribution is 2.15. The summed E-state index contributed by atoms with van der Waals surface area (Å²) in [6, 6.07) is 6.60. The minimum atomic E-state index is -0.521. The number of benzene rings is 1. The van der Waals surface area contributed by atoms with E-state index in [-0.39, 0.29) is 31.3 Å². The first-order valence-corrected chi connectivity index (χ1v) is 10.0. The summed E-state index contributed by atoms with van der Waals surface area (Å²) < 4.78 is 7.15. The fraction of sp³-hybridized carbons (Fsp3) is 0.476. The number of anilines is 1. The number of amides is 3. The zero-order valence-corrected chi connectivity index (χ0v) is 17.5. The van der Waals surface area contributed by atoms with Crippen molar-refractivity contribution in [3.8, 4) is 0 Å². The molecular formula is C21H29N5O4. The summed E-state index contributed by atoms with van der Waals surface area (Å²) >= 11 is 0. The lowest BCUT2D eigenvalue weighted by Gasteiger charge is -2.35. The number of nitrogens with one attached hydrogen (secondary N) is 2. The summed E-state index contributed by atoms with van der Waals surface area (Å²) in [6.07, 6.45) is 3.09. The molecule has 3 unspecified atom stereocenters. The zero-order chi connectivity index (χ0) is 21.7. The second-order valence-electron chi connectivity index (χ2n) is 7.73. The molecule has 1 saturated heterocycles. The molecule has 2 aromatic rings. The second kappa shape index (κ2) is 9.73. The Bertz CT molecular complexity index is 857. The van der Waals surface area contributed by atoms with Gasteiger partial charge in [0.15, 0.2) is 0 Å². The van der Waals surface area contributed by atoms with Crippen LogP contribution in [0.15, 0.2) is 36.7 Å². The number of hydrogen-bond donors (Lipinski definition) is 3. The van der Waals surface area contributed by atoms with Gasteiger partial charge in [0, 0.05) is 19.3 Å². The van der Waals surface area contributed by atoms with Gasteiger partial charge in [-0.05, 0) is 26.3 Å². The monoisotopic (exact) mass is 415 g/mol. The maximum absolute atomic E-state index is 12.5. The molecule has 3 N–H and O–H groups in total. The Morgan fingerprint density at radius 2 is 1.90 bits per heavy atom. The van der Waals surface area contributed by atoms with E-state index in [9.17, 15) is 14.7 Å². The van der Waals surface area contributed by atoms with Gasteiger partial charge in [-0.25, -0.2) is 4.79 Å². The predicted molar refractivity (Wildman–Crippen MR) is 112 cm³/mol. The van der Waals surface area contributed by atoms with E-state index in [0.29, 0.717) is 18.8 Å². The van der Waals surface area contributed by atoms with Gasteiger partial charge in [-0.3, -0.25) is 9.48 Å². The van der Waals surface area contributed by atoms with Crippen LogP contribution in [0.5, 0.6) is 0 Å². The van der Waals surface area contributed by atoms with Crippen LogP contribution in [0.2, 0.25) is 0 Å². The standard InChI is InChI=1S/C21H29N5O4/c1-14-4-6-17(7-5-14)19(13-27)24-21(29)23-18-8-22-26(11-18)12-20(28)25-9-15(2)30-16(3)10-25/h4-8,11,15-16,19,27H,9-10,12-13H2,1-3H3,(H2,23,24,29). The molecule has 0 radical (unpaired) electrons. The van der Waals surface area contributed by atoms with Crippen molar-refractivity contribution in [2.45, 2.75) is 45.6 Å². The number of hydrogen-bond acceptors (Lipinski definition) is 5. The maximum atomic E-state index is 12.5. The van der Waals surface area contributed by atoms with E-state index in [4.69, 9.17) is 4.74 Å². The van der Waals surface area contributed by atoms with Gasteiger partial charge < -0.3 is 25.4 Å². The first kappa shape index (κ1) is 21.8. The molecule has 2 heterocycles. The summed E-state index contributed by atoms with van der Waals surface area (Å²) in [5, 5.41) is 19.2. The number of carbonyl (C=O) groups is 2. The van der Waals surface area contributed by atoms with Crippen molar-refractivity contribution in [2.24, 2.45) is 0 Å². The fourth-order valence-electron chi connectivity index (χ4n) is 3.49. The van der Waals surface area contributed by atoms with Crippen LogP contribution in [0, 0.1) is 6.92 Å². The summed E-state index contributed by atoms with van der Waals surface area (Å²) in [5.74, 6) is -0.0455. The topological polar surface area (TPSA) is 109 Å². The third-order valence-corrected chi connectivity index (χ3v) is 4.93. The van der Waals surface area contributed by atoms with Gasteiger partial charge in [-0.1, -0.05) is 29.8 Å². The summed E-state index contributed by atoms with van der Waals surface area (Å²) in [5.41, 5.74) is 2.38. The molecule has 162 valence electrons. The highest BCUT2D eigenvalue weighted by Gasteiger charge is 2.26. The number of nitrogens with zero attached hydrogens (tertiary/aromatic N) is 3. The van der Waals surface area contributed by atoms with Crippen molar-refractivity contribution >= 4 is 17.6 Å². The number of rotatable bonds is 6. The van der Waals surface area contributed by atoms with E-state index in [2.05, 4.69) is 15.7 Å². The first-order chi connectivity index (χ1) is 14.3. The Kier molecular flexibility index (Phi) is 7.07. The second-order valence-corrected chi connectivity index (χ2v) is 7.73. The van der Waals surface area contributed by atoms with Crippen LogP contribution in [0.4, 0.5) is 10.5 Å². The van der Waals surface area contributed by atoms with Crippen molar-refractivity contribution in [3.63, 3.8) is 0 Å². The smallest absolute Gasteiger partial charge is 0.319 e. The first-order valence-electron chi connectivity index (χ1n) is 10.0. The normalized spacial score (nSPS) is 19.9. The van der Waals surface area contributed by atoms with Crippen molar-refractivity contribution in [1.29, 1.82) is 0 Å². The minimum absolute atomic E-state index is 0.00393. The van der Waals surface area contributed by atoms with Crippen molar-refractivity contribution in [1.82, 2.24) is 20.0 Å². The van der Waals surface area contributed by atoms with Crippen LogP contribution >= 0.6 is 0 Å². The lowest BCUT2D eigenvalue weighted by atomic mass is 10.1. The lowest BCUT2D eigenvalue weighted by Crippen LogP contribution is -2.49. The number of urea groups is 1. The van der Waals surface area contributed by atoms with Crippen LogP contribution < -0.4 is 10.6 Å². The van der Waals surface area contributed by atoms with Crippen molar-refractivity contribution in [2.75, 3.05) is 25.0 Å². The summed E-state index contributed by atoms with van der Waals surface area (Å²) in [4.78, 5) is 26.6. The van der Waals surface area contributed by atoms with E-state index in [1.54, 1.807) is 11.1 Å². The number of aromatic nitrogens is 2. The van der Waals surface area contributed by atoms with Gasteiger partial charge in [-0.2, -0.15) is 5.10 Å². The Morgan fingerprint density at radius 1 is 1.23 bits per heavy atom. The molecule has 3 amide bonds. The van der Waals surface area contributed by atoms with Crippen LogP contribution in [0.25, 0.3) is 0 Å². The molecule has 0 bridgehead atoms. The predicted octanol–water partition coefficient (Wildman–Crippen LogP) is 1.68. The van der Waals surface area contributed by atoms with E-state index >= 15 is 0 Å². The molecule has 9 nitrogen and oxygen atoms in total. The summed E-state index contributed by atoms with van der Waals surface area (Å²) in [6.45, 7) is 6.84. The van der Waals surface area contributed by atoms with E-state index in [0.717, 1.165) is 11.1 Å². The number of aliphatic hydroxyl groups excluding tert-OH is 1. The van der Waals surface area contributed by atoms with Gasteiger partial charge in [-0.15, -0.1) is 0 Å². The molecule has 3 rings (SSSR count). The maximum Gasteiger partial charge on any atom is 0.319 e. The molecule has 9 heteroatoms. The number of aryl methyl sites for hydroxylation is 1. The highest BCUT2D eigenvalue weighted by atomic mass is 16.5. The molecule has 0 aliphatic carbocycles. The number of carbonyl (C=O) groups excluding carboxylic acids is 2. The molecule has 1 fully saturated rings. The minimum Gasteiger partial charge on any atom is -0.394 e. The van der Waals surface area contributed by atoms with Gasteiger partial charge in [0.1, 0.15) is 6.54 Å². The van der Waals surface area contributed by atoms with Crippen LogP contribution in [-0.4, -0.2) is 63.6 Å². The molecule has 1 aromatic carbocycles. The van der Waals surface area contributed by atoms with Gasteiger partial charge in [0.25, 0.3) is 0 Å². The molecule has 1 aliphatic heterocycles. The SMILES string of the molecule is Cc1ccc(C(CO)NC(=O)Nc2cnn(CC(=O)N3CC(C)OC(C)C3)c2)cc1. The number of morpholine rings is 1. The summed E-state index contributed by atoms with van der Waals surface area (Å²) in [7, 11) is 0. The Hall–Kier alpha value is -2.91. The number of ether oxygens (including phenoxy) is 1. The molecule has 0 spiro atoms.